The SMILES string of the molecule is COCCNC(=O)C1CCC(C)N(C(=O)c2cccc(C(=O)O)c2)C1. The van der Waals surface area contributed by atoms with E-state index < -0.39 is 5.97 Å². The van der Waals surface area contributed by atoms with Crippen molar-refractivity contribution < 1.29 is 24.2 Å². The lowest BCUT2D eigenvalue weighted by Gasteiger charge is -2.37. The van der Waals surface area contributed by atoms with Gasteiger partial charge in [0.2, 0.25) is 5.91 Å². The number of likely N-dealkylation sites (tertiary alicyclic amines) is 1. The fraction of sp³-hybridized carbons (Fsp3) is 0.500. The fourth-order valence-corrected chi connectivity index (χ4v) is 2.98. The van der Waals surface area contributed by atoms with E-state index in [1.54, 1.807) is 24.1 Å². The van der Waals surface area contributed by atoms with E-state index in [-0.39, 0.29) is 29.3 Å². The number of hydrogen-bond donors (Lipinski definition) is 2. The van der Waals surface area contributed by atoms with Crippen LogP contribution in [0.5, 0.6) is 0 Å². The molecule has 7 heteroatoms. The van der Waals surface area contributed by atoms with Gasteiger partial charge in [-0.1, -0.05) is 6.07 Å². The van der Waals surface area contributed by atoms with Gasteiger partial charge in [0, 0.05) is 31.8 Å². The molecule has 2 atom stereocenters. The Labute approximate surface area is 147 Å². The zero-order valence-corrected chi connectivity index (χ0v) is 14.5. The van der Waals surface area contributed by atoms with Crippen molar-refractivity contribution in [2.75, 3.05) is 26.8 Å². The van der Waals surface area contributed by atoms with Gasteiger partial charge in [-0.3, -0.25) is 9.59 Å². The van der Waals surface area contributed by atoms with Crippen molar-refractivity contribution >= 4 is 17.8 Å². The van der Waals surface area contributed by atoms with Gasteiger partial charge < -0.3 is 20.1 Å². The molecule has 2 N–H and O–H groups in total. The van der Waals surface area contributed by atoms with Crippen LogP contribution < -0.4 is 5.32 Å². The molecule has 2 rings (SSSR count). The van der Waals surface area contributed by atoms with E-state index in [4.69, 9.17) is 9.84 Å². The highest BCUT2D eigenvalue weighted by molar-refractivity contribution is 5.98. The summed E-state index contributed by atoms with van der Waals surface area (Å²) in [6.45, 7) is 3.16. The number of piperidine rings is 1. The molecule has 25 heavy (non-hydrogen) atoms. The van der Waals surface area contributed by atoms with Crippen molar-refractivity contribution in [2.24, 2.45) is 5.92 Å². The highest BCUT2D eigenvalue weighted by Crippen LogP contribution is 2.24. The highest BCUT2D eigenvalue weighted by atomic mass is 16.5. The normalized spacial score (nSPS) is 20.2. The lowest BCUT2D eigenvalue weighted by Crippen LogP contribution is -2.49. The molecule has 2 unspecified atom stereocenters. The van der Waals surface area contributed by atoms with Crippen molar-refractivity contribution in [1.29, 1.82) is 0 Å². The van der Waals surface area contributed by atoms with Gasteiger partial charge in [0.1, 0.15) is 0 Å². The van der Waals surface area contributed by atoms with Crippen molar-refractivity contribution in [3.8, 4) is 0 Å². The number of carbonyl (C=O) groups excluding carboxylic acids is 2. The van der Waals surface area contributed by atoms with Crippen LogP contribution in [0.25, 0.3) is 0 Å². The highest BCUT2D eigenvalue weighted by Gasteiger charge is 2.33. The molecule has 1 aliphatic heterocycles. The largest absolute Gasteiger partial charge is 0.478 e. The Hall–Kier alpha value is -2.41. The van der Waals surface area contributed by atoms with Crippen LogP contribution in [0.3, 0.4) is 0 Å². The zero-order valence-electron chi connectivity index (χ0n) is 14.5. The van der Waals surface area contributed by atoms with Crippen LogP contribution in [-0.2, 0) is 9.53 Å². The lowest BCUT2D eigenvalue weighted by molar-refractivity contribution is -0.126. The number of aromatic carboxylic acids is 1. The molecule has 1 saturated heterocycles. The van der Waals surface area contributed by atoms with E-state index in [1.807, 2.05) is 6.92 Å². The molecule has 0 aliphatic carbocycles. The quantitative estimate of drug-likeness (QED) is 0.758. The Bertz CT molecular complexity index is 646. The molecular formula is C18H24N2O5. The molecule has 7 nitrogen and oxygen atoms in total. The van der Waals surface area contributed by atoms with E-state index in [9.17, 15) is 14.4 Å². The third-order valence-corrected chi connectivity index (χ3v) is 4.48. The average molecular weight is 348 g/mol. The number of ether oxygens (including phenoxy) is 1. The summed E-state index contributed by atoms with van der Waals surface area (Å²) in [5, 5.41) is 11.9. The second-order valence-corrected chi connectivity index (χ2v) is 6.25. The summed E-state index contributed by atoms with van der Waals surface area (Å²) >= 11 is 0. The number of benzene rings is 1. The van der Waals surface area contributed by atoms with Gasteiger partial charge in [-0.05, 0) is 38.0 Å². The molecule has 0 bridgehead atoms. The third-order valence-electron chi connectivity index (χ3n) is 4.48. The summed E-state index contributed by atoms with van der Waals surface area (Å²) in [6.07, 6.45) is 1.45. The molecule has 136 valence electrons. The molecular weight excluding hydrogens is 324 g/mol. The average Bonchev–Trinajstić information content (AvgIpc) is 2.61. The smallest absolute Gasteiger partial charge is 0.335 e. The first-order chi connectivity index (χ1) is 11.9. The van der Waals surface area contributed by atoms with E-state index in [0.29, 0.717) is 25.3 Å². The Kier molecular flexibility index (Phi) is 6.52. The number of hydrogen-bond acceptors (Lipinski definition) is 4. The number of nitrogens with one attached hydrogen (secondary N) is 1. The minimum atomic E-state index is -1.07. The summed E-state index contributed by atoms with van der Waals surface area (Å²) in [5.74, 6) is -1.66. The summed E-state index contributed by atoms with van der Waals surface area (Å²) < 4.78 is 4.92. The zero-order chi connectivity index (χ0) is 18.4. The van der Waals surface area contributed by atoms with E-state index in [0.717, 1.165) is 12.8 Å². The van der Waals surface area contributed by atoms with Gasteiger partial charge in [0.25, 0.3) is 5.91 Å². The van der Waals surface area contributed by atoms with Crippen LogP contribution in [-0.4, -0.2) is 60.6 Å². The molecule has 1 heterocycles. The number of carboxylic acids is 1. The number of carboxylic acid groups (broad SMARTS) is 1. The molecule has 0 radical (unpaired) electrons. The van der Waals surface area contributed by atoms with Gasteiger partial charge in [0.15, 0.2) is 0 Å². The summed E-state index contributed by atoms with van der Waals surface area (Å²) in [6, 6.07) is 5.98. The Morgan fingerprint density at radius 2 is 2.00 bits per heavy atom. The van der Waals surface area contributed by atoms with E-state index in [2.05, 4.69) is 5.32 Å². The molecule has 0 spiro atoms. The van der Waals surface area contributed by atoms with Crippen LogP contribution in [0.2, 0.25) is 0 Å². The Morgan fingerprint density at radius 1 is 1.28 bits per heavy atom. The summed E-state index contributed by atoms with van der Waals surface area (Å²) in [7, 11) is 1.57. The first-order valence-electron chi connectivity index (χ1n) is 8.35. The maximum Gasteiger partial charge on any atom is 0.335 e. The van der Waals surface area contributed by atoms with Gasteiger partial charge in [-0.2, -0.15) is 0 Å². The first-order valence-corrected chi connectivity index (χ1v) is 8.35. The summed E-state index contributed by atoms with van der Waals surface area (Å²) in [5.41, 5.74) is 0.400. The Balaban J connectivity index is 2.08. The van der Waals surface area contributed by atoms with Gasteiger partial charge in [-0.15, -0.1) is 0 Å². The second kappa shape index (κ2) is 8.62. The standard InChI is InChI=1S/C18H24N2O5/c1-12-6-7-15(16(21)19-8-9-25-2)11-20(12)17(22)13-4-3-5-14(10-13)18(23)24/h3-5,10,12,15H,6-9,11H2,1-2H3,(H,19,21)(H,23,24). The van der Waals surface area contributed by atoms with Gasteiger partial charge in [0.05, 0.1) is 18.1 Å². The van der Waals surface area contributed by atoms with Gasteiger partial charge >= 0.3 is 5.97 Å². The maximum absolute atomic E-state index is 12.8. The number of rotatable bonds is 6. The fourth-order valence-electron chi connectivity index (χ4n) is 2.98. The van der Waals surface area contributed by atoms with E-state index >= 15 is 0 Å². The van der Waals surface area contributed by atoms with Gasteiger partial charge in [-0.25, -0.2) is 4.79 Å². The third kappa shape index (κ3) is 4.79. The summed E-state index contributed by atoms with van der Waals surface area (Å²) in [4.78, 5) is 37.8. The Morgan fingerprint density at radius 3 is 2.68 bits per heavy atom. The van der Waals surface area contributed by atoms with E-state index in [1.165, 1.54) is 12.1 Å². The molecule has 1 fully saturated rings. The minimum absolute atomic E-state index is 0.00371. The monoisotopic (exact) mass is 348 g/mol. The van der Waals surface area contributed by atoms with Crippen molar-refractivity contribution in [3.63, 3.8) is 0 Å². The molecule has 1 aromatic rings. The maximum atomic E-state index is 12.8. The topological polar surface area (TPSA) is 95.9 Å². The molecule has 0 saturated carbocycles. The molecule has 0 aromatic heterocycles. The minimum Gasteiger partial charge on any atom is -0.478 e. The lowest BCUT2D eigenvalue weighted by atomic mass is 9.92. The van der Waals surface area contributed by atoms with Crippen LogP contribution in [0.4, 0.5) is 0 Å². The molecule has 2 amide bonds. The van der Waals surface area contributed by atoms with Crippen molar-refractivity contribution in [1.82, 2.24) is 10.2 Å². The van der Waals surface area contributed by atoms with Crippen molar-refractivity contribution in [3.05, 3.63) is 35.4 Å². The predicted molar refractivity (Wildman–Crippen MR) is 91.5 cm³/mol. The number of methoxy groups -OCH3 is 1. The van der Waals surface area contributed by atoms with Crippen molar-refractivity contribution in [2.45, 2.75) is 25.8 Å². The van der Waals surface area contributed by atoms with Crippen LogP contribution in [0, 0.1) is 5.92 Å². The molecule has 1 aromatic carbocycles. The molecule has 1 aliphatic rings. The first kappa shape index (κ1) is 18.9. The van der Waals surface area contributed by atoms with Crippen LogP contribution >= 0.6 is 0 Å². The number of amides is 2. The predicted octanol–water partition coefficient (Wildman–Crippen LogP) is 1.39. The van der Waals surface area contributed by atoms with Crippen LogP contribution in [0.15, 0.2) is 24.3 Å². The number of carbonyl (C=O) groups is 3. The number of nitrogens with zero attached hydrogens (tertiary/aromatic N) is 1. The second-order valence-electron chi connectivity index (χ2n) is 6.25. The van der Waals surface area contributed by atoms with Crippen LogP contribution in [0.1, 0.15) is 40.5 Å².